The first-order chi connectivity index (χ1) is 10.4. The first kappa shape index (κ1) is 23.1. The molecule has 0 aromatic heterocycles. The van der Waals surface area contributed by atoms with E-state index in [-0.39, 0.29) is 48.0 Å². The zero-order chi connectivity index (χ0) is 16.2. The molecule has 1 fully saturated rings. The Morgan fingerprint density at radius 3 is 2.75 bits per heavy atom. The Labute approximate surface area is 156 Å². The Morgan fingerprint density at radius 2 is 2.12 bits per heavy atom. The monoisotopic (exact) mass is 379 g/mol. The van der Waals surface area contributed by atoms with Crippen molar-refractivity contribution in [3.05, 3.63) is 35.6 Å². The van der Waals surface area contributed by atoms with E-state index in [4.69, 9.17) is 5.73 Å². The van der Waals surface area contributed by atoms with Crippen molar-refractivity contribution in [2.24, 2.45) is 11.7 Å². The Hall–Kier alpha value is -0.880. The van der Waals surface area contributed by atoms with Gasteiger partial charge in [0.2, 0.25) is 5.91 Å². The average molecular weight is 380 g/mol. The minimum Gasteiger partial charge on any atom is -0.350 e. The number of likely N-dealkylation sites (tertiary alicyclic amines) is 1. The summed E-state index contributed by atoms with van der Waals surface area (Å²) in [6.45, 7) is 6.61. The second-order valence-electron chi connectivity index (χ2n) is 6.78. The summed E-state index contributed by atoms with van der Waals surface area (Å²) in [5, 5.41) is 3.02. The summed E-state index contributed by atoms with van der Waals surface area (Å²) in [5.74, 6) is -0.166. The van der Waals surface area contributed by atoms with Gasteiger partial charge in [0.1, 0.15) is 5.82 Å². The number of amides is 1. The Bertz CT molecular complexity index is 528. The molecule has 1 amide bonds. The lowest BCUT2D eigenvalue weighted by Crippen LogP contribution is -2.53. The minimum absolute atomic E-state index is 0. The molecule has 1 heterocycles. The van der Waals surface area contributed by atoms with Crippen LogP contribution < -0.4 is 11.1 Å². The van der Waals surface area contributed by atoms with E-state index in [1.807, 2.05) is 19.9 Å². The van der Waals surface area contributed by atoms with Crippen LogP contribution in [0.25, 0.3) is 0 Å². The zero-order valence-corrected chi connectivity index (χ0v) is 15.9. The first-order valence-electron chi connectivity index (χ1n) is 7.88. The number of hydrogen-bond acceptors (Lipinski definition) is 3. The molecule has 1 atom stereocenters. The molecule has 4 nitrogen and oxygen atoms in total. The fourth-order valence-electron chi connectivity index (χ4n) is 2.79. The number of carbonyl (C=O) groups is 1. The maximum atomic E-state index is 13.3. The van der Waals surface area contributed by atoms with Gasteiger partial charge in [-0.25, -0.2) is 4.39 Å². The number of nitrogens with zero attached hydrogens (tertiary/aromatic N) is 1. The van der Waals surface area contributed by atoms with E-state index in [0.717, 1.165) is 24.9 Å². The summed E-state index contributed by atoms with van der Waals surface area (Å²) in [5.41, 5.74) is 6.24. The lowest BCUT2D eigenvalue weighted by atomic mass is 9.95. The highest BCUT2D eigenvalue weighted by atomic mass is 35.5. The highest BCUT2D eigenvalue weighted by molar-refractivity contribution is 5.85. The highest BCUT2D eigenvalue weighted by Crippen LogP contribution is 2.20. The maximum absolute atomic E-state index is 13.3. The van der Waals surface area contributed by atoms with E-state index in [1.54, 1.807) is 12.1 Å². The van der Waals surface area contributed by atoms with Gasteiger partial charge in [0.25, 0.3) is 0 Å². The number of carbonyl (C=O) groups excluding carboxylic acids is 1. The van der Waals surface area contributed by atoms with Crippen molar-refractivity contribution < 1.29 is 9.18 Å². The zero-order valence-electron chi connectivity index (χ0n) is 14.3. The largest absolute Gasteiger partial charge is 0.350 e. The highest BCUT2D eigenvalue weighted by Gasteiger charge is 2.29. The molecule has 1 aliphatic heterocycles. The van der Waals surface area contributed by atoms with Crippen LogP contribution in [-0.2, 0) is 11.3 Å². The van der Waals surface area contributed by atoms with Crippen LogP contribution in [0.1, 0.15) is 32.3 Å². The molecule has 3 N–H and O–H groups in total. The van der Waals surface area contributed by atoms with E-state index in [0.29, 0.717) is 19.6 Å². The van der Waals surface area contributed by atoms with Crippen LogP contribution in [0.4, 0.5) is 4.39 Å². The van der Waals surface area contributed by atoms with Crippen LogP contribution in [0, 0.1) is 11.7 Å². The fraction of sp³-hybridized carbons (Fsp3) is 0.588. The van der Waals surface area contributed by atoms with Crippen molar-refractivity contribution in [2.75, 3.05) is 19.6 Å². The van der Waals surface area contributed by atoms with E-state index < -0.39 is 0 Å². The molecule has 1 aromatic carbocycles. The number of hydrogen-bond donors (Lipinski definition) is 2. The Kier molecular flexibility index (Phi) is 9.81. The van der Waals surface area contributed by atoms with Gasteiger partial charge >= 0.3 is 0 Å². The molecule has 7 heteroatoms. The predicted molar refractivity (Wildman–Crippen MR) is 100 cm³/mol. The molecule has 0 saturated carbocycles. The van der Waals surface area contributed by atoms with Gasteiger partial charge in [0.15, 0.2) is 0 Å². The molecule has 1 unspecified atom stereocenters. The Balaban J connectivity index is 0.00000264. The number of piperidine rings is 1. The lowest BCUT2D eigenvalue weighted by Gasteiger charge is -2.34. The molecular formula is C17H28Cl2FN3O. The quantitative estimate of drug-likeness (QED) is 0.826. The SMILES string of the molecule is CC(C)(CN)NC(=O)C1CCCN(Cc2cccc(F)c2)C1.Cl.Cl. The number of benzene rings is 1. The smallest absolute Gasteiger partial charge is 0.224 e. The van der Waals surface area contributed by atoms with Gasteiger partial charge in [-0.3, -0.25) is 9.69 Å². The topological polar surface area (TPSA) is 58.4 Å². The summed E-state index contributed by atoms with van der Waals surface area (Å²) in [6.07, 6.45) is 1.88. The number of rotatable bonds is 5. The van der Waals surface area contributed by atoms with E-state index in [9.17, 15) is 9.18 Å². The first-order valence-corrected chi connectivity index (χ1v) is 7.88. The van der Waals surface area contributed by atoms with Crippen molar-refractivity contribution in [1.82, 2.24) is 10.2 Å². The molecule has 2 rings (SSSR count). The molecule has 0 radical (unpaired) electrons. The van der Waals surface area contributed by atoms with Crippen molar-refractivity contribution in [2.45, 2.75) is 38.8 Å². The predicted octanol–water partition coefficient (Wildman–Crippen LogP) is 2.73. The normalized spacial score (nSPS) is 18.2. The van der Waals surface area contributed by atoms with Crippen molar-refractivity contribution in [1.29, 1.82) is 0 Å². The van der Waals surface area contributed by atoms with Gasteiger partial charge in [0, 0.05) is 25.2 Å². The second-order valence-corrected chi connectivity index (χ2v) is 6.78. The van der Waals surface area contributed by atoms with Crippen LogP contribution >= 0.6 is 24.8 Å². The van der Waals surface area contributed by atoms with Crippen molar-refractivity contribution in [3.8, 4) is 0 Å². The number of nitrogens with two attached hydrogens (primary N) is 1. The average Bonchev–Trinajstić information content (AvgIpc) is 2.47. The molecule has 1 aromatic rings. The third kappa shape index (κ3) is 6.93. The third-order valence-electron chi connectivity index (χ3n) is 4.14. The van der Waals surface area contributed by atoms with Gasteiger partial charge in [-0.1, -0.05) is 12.1 Å². The summed E-state index contributed by atoms with van der Waals surface area (Å²) in [6, 6.07) is 6.65. The second kappa shape index (κ2) is 10.2. The van der Waals surface area contributed by atoms with Crippen LogP contribution in [0.2, 0.25) is 0 Å². The fourth-order valence-corrected chi connectivity index (χ4v) is 2.79. The van der Waals surface area contributed by atoms with Gasteiger partial charge in [-0.15, -0.1) is 24.8 Å². The lowest BCUT2D eigenvalue weighted by molar-refractivity contribution is -0.128. The minimum atomic E-state index is -0.373. The maximum Gasteiger partial charge on any atom is 0.224 e. The van der Waals surface area contributed by atoms with Crippen LogP contribution in [0.15, 0.2) is 24.3 Å². The third-order valence-corrected chi connectivity index (χ3v) is 4.14. The summed E-state index contributed by atoms with van der Waals surface area (Å²) < 4.78 is 13.3. The summed E-state index contributed by atoms with van der Waals surface area (Å²) in [7, 11) is 0. The van der Waals surface area contributed by atoms with E-state index in [2.05, 4.69) is 10.2 Å². The molecule has 0 spiro atoms. The molecule has 1 saturated heterocycles. The molecule has 138 valence electrons. The summed E-state index contributed by atoms with van der Waals surface area (Å²) >= 11 is 0. The molecule has 0 aliphatic carbocycles. The summed E-state index contributed by atoms with van der Waals surface area (Å²) in [4.78, 5) is 14.6. The van der Waals surface area contributed by atoms with Gasteiger partial charge in [0.05, 0.1) is 5.92 Å². The van der Waals surface area contributed by atoms with Crippen LogP contribution in [0.3, 0.4) is 0 Å². The van der Waals surface area contributed by atoms with E-state index in [1.165, 1.54) is 6.07 Å². The van der Waals surface area contributed by atoms with Crippen molar-refractivity contribution in [3.63, 3.8) is 0 Å². The molecule has 1 aliphatic rings. The van der Waals surface area contributed by atoms with Gasteiger partial charge in [-0.05, 0) is 50.9 Å². The van der Waals surface area contributed by atoms with Gasteiger partial charge < -0.3 is 11.1 Å². The Morgan fingerprint density at radius 1 is 1.42 bits per heavy atom. The standard InChI is InChI=1S/C17H26FN3O.2ClH/c1-17(2,12-19)20-16(22)14-6-4-8-21(11-14)10-13-5-3-7-15(18)9-13;;/h3,5,7,9,14H,4,6,8,10-12,19H2,1-2H3,(H,20,22);2*1H. The number of halogens is 3. The van der Waals surface area contributed by atoms with Crippen molar-refractivity contribution >= 4 is 30.7 Å². The number of nitrogens with one attached hydrogen (secondary N) is 1. The van der Waals surface area contributed by atoms with Crippen LogP contribution in [0.5, 0.6) is 0 Å². The molecule has 24 heavy (non-hydrogen) atoms. The molecular weight excluding hydrogens is 352 g/mol. The van der Waals surface area contributed by atoms with Crippen LogP contribution in [-0.4, -0.2) is 36.0 Å². The van der Waals surface area contributed by atoms with E-state index >= 15 is 0 Å². The molecule has 0 bridgehead atoms. The van der Waals surface area contributed by atoms with Gasteiger partial charge in [-0.2, -0.15) is 0 Å².